The van der Waals surface area contributed by atoms with E-state index in [4.69, 9.17) is 0 Å². The van der Waals surface area contributed by atoms with Crippen LogP contribution in [0.1, 0.15) is 18.9 Å². The molecule has 0 saturated heterocycles. The average Bonchev–Trinajstić information content (AvgIpc) is 2.29. The first-order valence-electron chi connectivity index (χ1n) is 5.86. The third-order valence-corrected chi connectivity index (χ3v) is 2.52. The number of nitrogens with one attached hydrogen (secondary N) is 1. The lowest BCUT2D eigenvalue weighted by molar-refractivity contribution is -0.130. The zero-order valence-electron chi connectivity index (χ0n) is 10.4. The Kier molecular flexibility index (Phi) is 5.49. The van der Waals surface area contributed by atoms with Gasteiger partial charge in [-0.15, -0.1) is 0 Å². The van der Waals surface area contributed by atoms with E-state index in [1.807, 2.05) is 13.0 Å². The van der Waals surface area contributed by atoms with E-state index in [1.54, 1.807) is 30.1 Å². The number of rotatable bonds is 6. The van der Waals surface area contributed by atoms with Gasteiger partial charge in [0.1, 0.15) is 5.75 Å². The topological polar surface area (TPSA) is 52.6 Å². The molecule has 0 aliphatic rings. The molecule has 2 N–H and O–H groups in total. The maximum Gasteiger partial charge on any atom is 0.223 e. The molecule has 0 fully saturated rings. The van der Waals surface area contributed by atoms with E-state index < -0.39 is 0 Å². The summed E-state index contributed by atoms with van der Waals surface area (Å²) in [6, 6.07) is 6.97. The summed E-state index contributed by atoms with van der Waals surface area (Å²) in [6.07, 6.45) is 0.503. The molecule has 4 nitrogen and oxygen atoms in total. The summed E-state index contributed by atoms with van der Waals surface area (Å²) in [5, 5.41) is 12.4. The number of nitrogens with zero attached hydrogens (tertiary/aromatic N) is 1. The van der Waals surface area contributed by atoms with Crippen molar-refractivity contribution in [3.63, 3.8) is 0 Å². The summed E-state index contributed by atoms with van der Waals surface area (Å²) in [5.74, 6) is 0.338. The van der Waals surface area contributed by atoms with E-state index in [0.29, 0.717) is 19.5 Å². The van der Waals surface area contributed by atoms with Crippen LogP contribution in [-0.4, -0.2) is 36.1 Å². The zero-order chi connectivity index (χ0) is 12.7. The Labute approximate surface area is 102 Å². The summed E-state index contributed by atoms with van der Waals surface area (Å²) in [6.45, 7) is 4.13. The number of carbonyl (C=O) groups is 1. The summed E-state index contributed by atoms with van der Waals surface area (Å²) < 4.78 is 0. The minimum absolute atomic E-state index is 0.106. The van der Waals surface area contributed by atoms with E-state index in [9.17, 15) is 9.90 Å². The van der Waals surface area contributed by atoms with Crippen LogP contribution in [0.25, 0.3) is 0 Å². The van der Waals surface area contributed by atoms with Gasteiger partial charge in [-0.1, -0.05) is 19.1 Å². The van der Waals surface area contributed by atoms with Gasteiger partial charge < -0.3 is 15.3 Å². The maximum atomic E-state index is 11.7. The molecule has 0 aliphatic carbocycles. The number of hydrogen-bond acceptors (Lipinski definition) is 3. The van der Waals surface area contributed by atoms with Crippen molar-refractivity contribution in [1.29, 1.82) is 0 Å². The van der Waals surface area contributed by atoms with E-state index in [1.165, 1.54) is 0 Å². The molecule has 0 saturated carbocycles. The van der Waals surface area contributed by atoms with Gasteiger partial charge in [0.25, 0.3) is 0 Å². The normalized spacial score (nSPS) is 10.2. The molecule has 1 aromatic rings. The molecule has 0 unspecified atom stereocenters. The first kappa shape index (κ1) is 13.5. The minimum Gasteiger partial charge on any atom is -0.508 e. The second-order valence-electron chi connectivity index (χ2n) is 4.02. The molecule has 0 aliphatic heterocycles. The van der Waals surface area contributed by atoms with Gasteiger partial charge >= 0.3 is 0 Å². The van der Waals surface area contributed by atoms with Crippen molar-refractivity contribution in [3.8, 4) is 5.75 Å². The molecule has 1 aromatic carbocycles. The third kappa shape index (κ3) is 4.87. The van der Waals surface area contributed by atoms with Crippen LogP contribution in [0.5, 0.6) is 5.75 Å². The molecule has 0 bridgehead atoms. The Morgan fingerprint density at radius 3 is 2.88 bits per heavy atom. The Morgan fingerprint density at radius 2 is 2.24 bits per heavy atom. The van der Waals surface area contributed by atoms with Crippen molar-refractivity contribution in [2.24, 2.45) is 0 Å². The molecule has 17 heavy (non-hydrogen) atoms. The van der Waals surface area contributed by atoms with Gasteiger partial charge in [-0.2, -0.15) is 0 Å². The zero-order valence-corrected chi connectivity index (χ0v) is 10.4. The van der Waals surface area contributed by atoms with Crippen molar-refractivity contribution in [2.45, 2.75) is 19.9 Å². The fourth-order valence-electron chi connectivity index (χ4n) is 1.58. The molecule has 0 atom stereocenters. The quantitative estimate of drug-likeness (QED) is 0.733. The smallest absolute Gasteiger partial charge is 0.223 e. The lowest BCUT2D eigenvalue weighted by Crippen LogP contribution is -2.29. The second kappa shape index (κ2) is 6.91. The van der Waals surface area contributed by atoms with Gasteiger partial charge in [0.05, 0.1) is 0 Å². The van der Waals surface area contributed by atoms with Crippen molar-refractivity contribution in [3.05, 3.63) is 29.8 Å². The van der Waals surface area contributed by atoms with Crippen molar-refractivity contribution < 1.29 is 9.90 Å². The van der Waals surface area contributed by atoms with E-state index in [0.717, 1.165) is 12.1 Å². The summed E-state index contributed by atoms with van der Waals surface area (Å²) >= 11 is 0. The SMILES string of the molecule is CCNCCC(=O)N(C)Cc1cccc(O)c1. The highest BCUT2D eigenvalue weighted by Gasteiger charge is 2.08. The van der Waals surface area contributed by atoms with Crippen LogP contribution in [0.3, 0.4) is 0 Å². The number of phenols is 1. The van der Waals surface area contributed by atoms with Gasteiger partial charge in [-0.25, -0.2) is 0 Å². The molecule has 0 aromatic heterocycles. The fraction of sp³-hybridized carbons (Fsp3) is 0.462. The van der Waals surface area contributed by atoms with E-state index >= 15 is 0 Å². The van der Waals surface area contributed by atoms with Gasteiger partial charge in [0.15, 0.2) is 0 Å². The largest absolute Gasteiger partial charge is 0.508 e. The van der Waals surface area contributed by atoms with Gasteiger partial charge in [-0.3, -0.25) is 4.79 Å². The van der Waals surface area contributed by atoms with Crippen LogP contribution in [0.2, 0.25) is 0 Å². The fourth-order valence-corrected chi connectivity index (χ4v) is 1.58. The maximum absolute atomic E-state index is 11.7. The Bertz CT molecular complexity index is 366. The van der Waals surface area contributed by atoms with Gasteiger partial charge in [0.2, 0.25) is 5.91 Å². The molecule has 94 valence electrons. The number of benzene rings is 1. The van der Waals surface area contributed by atoms with E-state index in [2.05, 4.69) is 5.32 Å². The molecular weight excluding hydrogens is 216 g/mol. The Balaban J connectivity index is 2.43. The second-order valence-corrected chi connectivity index (χ2v) is 4.02. The molecule has 1 rings (SSSR count). The molecule has 0 radical (unpaired) electrons. The molecular formula is C13H20N2O2. The Morgan fingerprint density at radius 1 is 1.47 bits per heavy atom. The van der Waals surface area contributed by atoms with Gasteiger partial charge in [0, 0.05) is 26.6 Å². The average molecular weight is 236 g/mol. The van der Waals surface area contributed by atoms with Crippen molar-refractivity contribution in [1.82, 2.24) is 10.2 Å². The summed E-state index contributed by atoms with van der Waals surface area (Å²) in [5.41, 5.74) is 0.935. The first-order valence-corrected chi connectivity index (χ1v) is 5.86. The van der Waals surface area contributed by atoms with Crippen LogP contribution >= 0.6 is 0 Å². The molecule has 1 amide bonds. The van der Waals surface area contributed by atoms with Crippen LogP contribution in [0.15, 0.2) is 24.3 Å². The van der Waals surface area contributed by atoms with Crippen LogP contribution in [0.4, 0.5) is 0 Å². The third-order valence-electron chi connectivity index (χ3n) is 2.52. The highest BCUT2D eigenvalue weighted by atomic mass is 16.3. The lowest BCUT2D eigenvalue weighted by atomic mass is 10.2. The number of aromatic hydroxyl groups is 1. The van der Waals surface area contributed by atoms with Crippen molar-refractivity contribution in [2.75, 3.05) is 20.1 Å². The highest BCUT2D eigenvalue weighted by molar-refractivity contribution is 5.76. The summed E-state index contributed by atoms with van der Waals surface area (Å²) in [7, 11) is 1.78. The predicted molar refractivity (Wildman–Crippen MR) is 67.7 cm³/mol. The Hall–Kier alpha value is -1.55. The standard InChI is InChI=1S/C13H20N2O2/c1-3-14-8-7-13(17)15(2)10-11-5-4-6-12(16)9-11/h4-6,9,14,16H,3,7-8,10H2,1-2H3. The highest BCUT2D eigenvalue weighted by Crippen LogP contribution is 2.12. The number of phenolic OH excluding ortho intramolecular Hbond substituents is 1. The van der Waals surface area contributed by atoms with Crippen LogP contribution in [0, 0.1) is 0 Å². The van der Waals surface area contributed by atoms with Gasteiger partial charge in [-0.05, 0) is 24.2 Å². The monoisotopic (exact) mass is 236 g/mol. The number of amides is 1. The predicted octanol–water partition coefficient (Wildman–Crippen LogP) is 1.35. The van der Waals surface area contributed by atoms with Crippen LogP contribution in [-0.2, 0) is 11.3 Å². The first-order chi connectivity index (χ1) is 8.13. The lowest BCUT2D eigenvalue weighted by Gasteiger charge is -2.17. The van der Waals surface area contributed by atoms with E-state index in [-0.39, 0.29) is 11.7 Å². The molecule has 0 heterocycles. The number of carbonyl (C=O) groups excluding carboxylic acids is 1. The van der Waals surface area contributed by atoms with Crippen LogP contribution < -0.4 is 5.32 Å². The van der Waals surface area contributed by atoms with Crippen molar-refractivity contribution >= 4 is 5.91 Å². The minimum atomic E-state index is 0.106. The summed E-state index contributed by atoms with van der Waals surface area (Å²) in [4.78, 5) is 13.4. The molecule has 0 spiro atoms. The number of hydrogen-bond donors (Lipinski definition) is 2. The molecule has 4 heteroatoms.